The molecule has 0 spiro atoms. The van der Waals surface area contributed by atoms with Crippen molar-refractivity contribution in [3.8, 4) is 0 Å². The second-order valence-electron chi connectivity index (χ2n) is 4.03. The van der Waals surface area contributed by atoms with Crippen LogP contribution in [0.3, 0.4) is 0 Å². The molecule has 2 aromatic rings. The molecule has 1 aromatic heterocycles. The van der Waals surface area contributed by atoms with Crippen LogP contribution in [0.2, 0.25) is 0 Å². The smallest absolute Gasteiger partial charge is 0.279 e. The SMILES string of the molecule is CC=C(Cc1ccccc1)NNC(=O)c1cccs1. The number of benzene rings is 1. The van der Waals surface area contributed by atoms with Gasteiger partial charge < -0.3 is 5.43 Å². The third-order valence-corrected chi connectivity index (χ3v) is 3.54. The van der Waals surface area contributed by atoms with E-state index in [1.54, 1.807) is 6.07 Å². The number of amides is 1. The number of allylic oxidation sites excluding steroid dienone is 2. The van der Waals surface area contributed by atoms with Gasteiger partial charge in [0.05, 0.1) is 4.88 Å². The summed E-state index contributed by atoms with van der Waals surface area (Å²) in [4.78, 5) is 12.5. The molecule has 0 atom stereocenters. The van der Waals surface area contributed by atoms with Crippen molar-refractivity contribution in [3.63, 3.8) is 0 Å². The molecule has 0 fully saturated rings. The van der Waals surface area contributed by atoms with E-state index in [0.29, 0.717) is 4.88 Å². The zero-order valence-electron chi connectivity index (χ0n) is 10.7. The molecule has 0 aliphatic rings. The first-order valence-corrected chi connectivity index (χ1v) is 6.96. The lowest BCUT2D eigenvalue weighted by molar-refractivity contribution is 0.0942. The quantitative estimate of drug-likeness (QED) is 0.821. The Morgan fingerprint density at radius 2 is 1.95 bits per heavy atom. The molecule has 0 aliphatic heterocycles. The van der Waals surface area contributed by atoms with E-state index in [9.17, 15) is 4.79 Å². The summed E-state index contributed by atoms with van der Waals surface area (Å²) in [5.41, 5.74) is 7.85. The van der Waals surface area contributed by atoms with E-state index in [0.717, 1.165) is 12.1 Å². The molecule has 3 nitrogen and oxygen atoms in total. The van der Waals surface area contributed by atoms with E-state index in [4.69, 9.17) is 0 Å². The summed E-state index contributed by atoms with van der Waals surface area (Å²) in [5, 5.41) is 1.88. The van der Waals surface area contributed by atoms with Crippen LogP contribution in [-0.4, -0.2) is 5.91 Å². The molecule has 0 radical (unpaired) electrons. The molecule has 4 heteroatoms. The van der Waals surface area contributed by atoms with Gasteiger partial charge in [0.25, 0.3) is 5.91 Å². The van der Waals surface area contributed by atoms with Crippen LogP contribution < -0.4 is 10.9 Å². The summed E-state index contributed by atoms with van der Waals surface area (Å²) in [6.07, 6.45) is 2.73. The molecule has 1 amide bonds. The van der Waals surface area contributed by atoms with Gasteiger partial charge in [0.15, 0.2) is 0 Å². The second kappa shape index (κ2) is 6.75. The van der Waals surface area contributed by atoms with Crippen LogP contribution in [-0.2, 0) is 6.42 Å². The predicted molar refractivity (Wildman–Crippen MR) is 78.8 cm³/mol. The number of nitrogens with one attached hydrogen (secondary N) is 2. The maximum Gasteiger partial charge on any atom is 0.279 e. The predicted octanol–water partition coefficient (Wildman–Crippen LogP) is 3.13. The van der Waals surface area contributed by atoms with Crippen LogP contribution in [0.15, 0.2) is 59.6 Å². The standard InChI is InChI=1S/C15H16N2OS/c1-2-13(11-12-7-4-3-5-8-12)16-17-15(18)14-9-6-10-19-14/h2-10,16H,11H2,1H3,(H,17,18). The van der Waals surface area contributed by atoms with Gasteiger partial charge in [0.2, 0.25) is 0 Å². The van der Waals surface area contributed by atoms with Gasteiger partial charge in [-0.25, -0.2) is 0 Å². The Balaban J connectivity index is 1.89. The first-order chi connectivity index (χ1) is 9.29. The fourth-order valence-electron chi connectivity index (χ4n) is 1.64. The summed E-state index contributed by atoms with van der Waals surface area (Å²) < 4.78 is 0. The molecular formula is C15H16N2OS. The summed E-state index contributed by atoms with van der Waals surface area (Å²) in [6, 6.07) is 13.8. The van der Waals surface area contributed by atoms with Gasteiger partial charge in [-0.2, -0.15) is 0 Å². The zero-order chi connectivity index (χ0) is 13.5. The van der Waals surface area contributed by atoms with Crippen LogP contribution in [0, 0.1) is 0 Å². The van der Waals surface area contributed by atoms with Gasteiger partial charge in [0.1, 0.15) is 0 Å². The van der Waals surface area contributed by atoms with Crippen molar-refractivity contribution in [2.75, 3.05) is 0 Å². The Kier molecular flexibility index (Phi) is 4.75. The largest absolute Gasteiger partial charge is 0.302 e. The average Bonchev–Trinajstić information content (AvgIpc) is 2.98. The van der Waals surface area contributed by atoms with E-state index in [-0.39, 0.29) is 5.91 Å². The highest BCUT2D eigenvalue weighted by Crippen LogP contribution is 2.08. The average molecular weight is 272 g/mol. The number of carbonyl (C=O) groups excluding carboxylic acids is 1. The number of hydrazine groups is 1. The Morgan fingerprint density at radius 1 is 1.16 bits per heavy atom. The normalized spacial score (nSPS) is 11.1. The fraction of sp³-hybridized carbons (Fsp3) is 0.133. The highest BCUT2D eigenvalue weighted by Gasteiger charge is 2.06. The Bertz CT molecular complexity index is 547. The third-order valence-electron chi connectivity index (χ3n) is 2.67. The fourth-order valence-corrected chi connectivity index (χ4v) is 2.26. The zero-order valence-corrected chi connectivity index (χ0v) is 11.5. The van der Waals surface area contributed by atoms with Gasteiger partial charge in [-0.3, -0.25) is 10.2 Å². The summed E-state index contributed by atoms with van der Waals surface area (Å²) >= 11 is 1.42. The number of hydrogen-bond donors (Lipinski definition) is 2. The van der Waals surface area contributed by atoms with Crippen molar-refractivity contribution in [2.24, 2.45) is 0 Å². The minimum Gasteiger partial charge on any atom is -0.302 e. The summed E-state index contributed by atoms with van der Waals surface area (Å²) in [7, 11) is 0. The lowest BCUT2D eigenvalue weighted by atomic mass is 10.1. The highest BCUT2D eigenvalue weighted by atomic mass is 32.1. The molecule has 98 valence electrons. The molecule has 1 aromatic carbocycles. The van der Waals surface area contributed by atoms with E-state index in [2.05, 4.69) is 23.0 Å². The molecule has 1 heterocycles. The minimum atomic E-state index is -0.109. The number of thiophene rings is 1. The Hall–Kier alpha value is -2.07. The molecular weight excluding hydrogens is 256 g/mol. The molecule has 2 rings (SSSR count). The van der Waals surface area contributed by atoms with Crippen LogP contribution in [0.25, 0.3) is 0 Å². The maximum absolute atomic E-state index is 11.8. The van der Waals surface area contributed by atoms with Crippen LogP contribution in [0.1, 0.15) is 22.2 Å². The topological polar surface area (TPSA) is 41.1 Å². The minimum absolute atomic E-state index is 0.109. The van der Waals surface area contributed by atoms with Crippen LogP contribution >= 0.6 is 11.3 Å². The number of rotatable bonds is 5. The van der Waals surface area contributed by atoms with Crippen molar-refractivity contribution < 1.29 is 4.79 Å². The van der Waals surface area contributed by atoms with Gasteiger partial charge in [0, 0.05) is 12.1 Å². The summed E-state index contributed by atoms with van der Waals surface area (Å²) in [6.45, 7) is 1.95. The van der Waals surface area contributed by atoms with E-state index in [1.165, 1.54) is 16.9 Å². The Morgan fingerprint density at radius 3 is 2.58 bits per heavy atom. The number of hydrogen-bond acceptors (Lipinski definition) is 3. The second-order valence-corrected chi connectivity index (χ2v) is 4.98. The van der Waals surface area contributed by atoms with Crippen molar-refractivity contribution in [1.29, 1.82) is 0 Å². The van der Waals surface area contributed by atoms with Gasteiger partial charge in [-0.15, -0.1) is 11.3 Å². The first-order valence-electron chi connectivity index (χ1n) is 6.08. The molecule has 0 unspecified atom stereocenters. The van der Waals surface area contributed by atoms with E-state index in [1.807, 2.05) is 42.6 Å². The molecule has 0 aliphatic carbocycles. The van der Waals surface area contributed by atoms with Crippen molar-refractivity contribution in [2.45, 2.75) is 13.3 Å². The first kappa shape index (κ1) is 13.4. The molecule has 0 bridgehead atoms. The van der Waals surface area contributed by atoms with Gasteiger partial charge in [-0.05, 0) is 23.9 Å². The Labute approximate surface area is 116 Å². The maximum atomic E-state index is 11.8. The highest BCUT2D eigenvalue weighted by molar-refractivity contribution is 7.12. The third kappa shape index (κ3) is 3.96. The lowest BCUT2D eigenvalue weighted by Crippen LogP contribution is -2.36. The van der Waals surface area contributed by atoms with Crippen LogP contribution in [0.5, 0.6) is 0 Å². The molecule has 19 heavy (non-hydrogen) atoms. The molecule has 0 saturated heterocycles. The van der Waals surface area contributed by atoms with Gasteiger partial charge in [-0.1, -0.05) is 42.5 Å². The van der Waals surface area contributed by atoms with Crippen molar-refractivity contribution >= 4 is 17.2 Å². The monoisotopic (exact) mass is 272 g/mol. The number of carbonyl (C=O) groups is 1. The van der Waals surface area contributed by atoms with E-state index >= 15 is 0 Å². The van der Waals surface area contributed by atoms with Crippen LogP contribution in [0.4, 0.5) is 0 Å². The van der Waals surface area contributed by atoms with E-state index < -0.39 is 0 Å². The van der Waals surface area contributed by atoms with Gasteiger partial charge >= 0.3 is 0 Å². The van der Waals surface area contributed by atoms with Crippen molar-refractivity contribution in [3.05, 3.63) is 70.1 Å². The summed E-state index contributed by atoms with van der Waals surface area (Å²) in [5.74, 6) is -0.109. The van der Waals surface area contributed by atoms with Crippen molar-refractivity contribution in [1.82, 2.24) is 10.9 Å². The lowest BCUT2D eigenvalue weighted by Gasteiger charge is -2.11. The molecule has 2 N–H and O–H groups in total. The molecule has 0 saturated carbocycles.